The average Bonchev–Trinajstić information content (AvgIpc) is 2.92. The molecule has 39 heavy (non-hydrogen) atoms. The molecule has 0 radical (unpaired) electrons. The lowest BCUT2D eigenvalue weighted by molar-refractivity contribution is -0.140. The maximum absolute atomic E-state index is 13.0. The van der Waals surface area contributed by atoms with Gasteiger partial charge in [-0.25, -0.2) is 10.2 Å². The lowest BCUT2D eigenvalue weighted by Crippen LogP contribution is -2.40. The Balaban J connectivity index is 1.49. The van der Waals surface area contributed by atoms with E-state index in [1.165, 1.54) is 6.21 Å². The van der Waals surface area contributed by atoms with E-state index < -0.39 is 18.2 Å². The summed E-state index contributed by atoms with van der Waals surface area (Å²) in [6.45, 7) is 0. The van der Waals surface area contributed by atoms with Crippen LogP contribution in [0.25, 0.3) is 0 Å². The van der Waals surface area contributed by atoms with Gasteiger partial charge in [0.25, 0.3) is 0 Å². The molecule has 0 aliphatic carbocycles. The van der Waals surface area contributed by atoms with Crippen molar-refractivity contribution in [2.24, 2.45) is 5.10 Å². The number of benzene rings is 4. The van der Waals surface area contributed by atoms with Crippen molar-refractivity contribution in [2.45, 2.75) is 6.29 Å². The molecule has 0 saturated heterocycles. The zero-order chi connectivity index (χ0) is 27.8. The molecular formula is C28H18BrCl3N2O5. The van der Waals surface area contributed by atoms with Gasteiger partial charge < -0.3 is 14.2 Å². The summed E-state index contributed by atoms with van der Waals surface area (Å²) < 4.78 is 17.7. The van der Waals surface area contributed by atoms with Gasteiger partial charge in [0.1, 0.15) is 17.2 Å². The van der Waals surface area contributed by atoms with E-state index in [-0.39, 0.29) is 5.75 Å². The number of carbonyl (C=O) groups excluding carboxylic acids is 2. The van der Waals surface area contributed by atoms with Crippen LogP contribution in [0.15, 0.2) is 101 Å². The molecule has 0 spiro atoms. The van der Waals surface area contributed by atoms with Crippen molar-refractivity contribution in [3.05, 3.63) is 122 Å². The van der Waals surface area contributed by atoms with Crippen molar-refractivity contribution in [3.8, 4) is 17.2 Å². The maximum atomic E-state index is 13.0. The van der Waals surface area contributed by atoms with Gasteiger partial charge >= 0.3 is 18.2 Å². The second-order valence-electron chi connectivity index (χ2n) is 7.79. The largest absolute Gasteiger partial charge is 0.446 e. The molecule has 0 aliphatic rings. The summed E-state index contributed by atoms with van der Waals surface area (Å²) in [5.41, 5.74) is 3.13. The zero-order valence-corrected chi connectivity index (χ0v) is 23.7. The molecule has 0 atom stereocenters. The normalized spacial score (nSPS) is 10.9. The number of hydrogen-bond acceptors (Lipinski definition) is 6. The summed E-state index contributed by atoms with van der Waals surface area (Å²) in [5.74, 6) is -0.365. The predicted molar refractivity (Wildman–Crippen MR) is 154 cm³/mol. The predicted octanol–water partition coefficient (Wildman–Crippen LogP) is 7.56. The molecule has 1 N–H and O–H groups in total. The number of hydrogen-bond donors (Lipinski definition) is 1. The van der Waals surface area contributed by atoms with Gasteiger partial charge in [-0.3, -0.25) is 4.79 Å². The highest BCUT2D eigenvalue weighted by molar-refractivity contribution is 9.10. The number of hydrazone groups is 1. The fourth-order valence-electron chi connectivity index (χ4n) is 3.08. The Morgan fingerprint density at radius 2 is 1.28 bits per heavy atom. The monoisotopic (exact) mass is 646 g/mol. The quantitative estimate of drug-likeness (QED) is 0.0666. The van der Waals surface area contributed by atoms with Gasteiger partial charge in [0, 0.05) is 25.1 Å². The van der Waals surface area contributed by atoms with Crippen molar-refractivity contribution >= 4 is 68.8 Å². The number of carbonyl (C=O) groups is 2. The first-order chi connectivity index (χ1) is 18.8. The van der Waals surface area contributed by atoms with E-state index in [1.54, 1.807) is 91.0 Å². The van der Waals surface area contributed by atoms with E-state index in [4.69, 9.17) is 49.0 Å². The first kappa shape index (κ1) is 28.4. The molecule has 0 heterocycles. The Morgan fingerprint density at radius 1 is 0.769 bits per heavy atom. The summed E-state index contributed by atoms with van der Waals surface area (Å²) in [5, 5.41) is 5.52. The van der Waals surface area contributed by atoms with E-state index in [0.29, 0.717) is 42.2 Å². The third-order valence-corrected chi connectivity index (χ3v) is 6.21. The molecule has 1 amide bonds. The highest BCUT2D eigenvalue weighted by atomic mass is 79.9. The Morgan fingerprint density at radius 3 is 1.82 bits per heavy atom. The Labute approximate surface area is 247 Å². The smallest absolute Gasteiger partial charge is 0.343 e. The topological polar surface area (TPSA) is 86.2 Å². The summed E-state index contributed by atoms with van der Waals surface area (Å²) in [4.78, 5) is 25.6. The summed E-state index contributed by atoms with van der Waals surface area (Å²) in [6.07, 6.45) is -0.0800. The van der Waals surface area contributed by atoms with Crippen LogP contribution in [0.3, 0.4) is 0 Å². The van der Waals surface area contributed by atoms with Gasteiger partial charge in [0.2, 0.25) is 0 Å². The minimum absolute atomic E-state index is 0.225. The van der Waals surface area contributed by atoms with Crippen molar-refractivity contribution in [3.63, 3.8) is 0 Å². The van der Waals surface area contributed by atoms with E-state index >= 15 is 0 Å². The SMILES string of the molecule is O=C(Oc1ccc(Br)cc1/C=N/NC(=O)C(Oc1ccc(Cl)cc1)Oc1ccc(Cl)cc1)c1ccc(Cl)cc1. The van der Waals surface area contributed by atoms with E-state index in [0.717, 1.165) is 0 Å². The van der Waals surface area contributed by atoms with Crippen LogP contribution >= 0.6 is 50.7 Å². The highest BCUT2D eigenvalue weighted by Gasteiger charge is 2.23. The molecule has 0 saturated carbocycles. The van der Waals surface area contributed by atoms with Crippen LogP contribution in [-0.2, 0) is 4.79 Å². The van der Waals surface area contributed by atoms with Crippen LogP contribution in [0, 0.1) is 0 Å². The Bertz CT molecular complexity index is 1430. The van der Waals surface area contributed by atoms with Crippen LogP contribution in [0.2, 0.25) is 15.1 Å². The van der Waals surface area contributed by atoms with Gasteiger partial charge in [-0.15, -0.1) is 0 Å². The maximum Gasteiger partial charge on any atom is 0.343 e. The van der Waals surface area contributed by atoms with Gasteiger partial charge in [-0.1, -0.05) is 50.7 Å². The number of ether oxygens (including phenoxy) is 3. The first-order valence-electron chi connectivity index (χ1n) is 11.2. The molecule has 0 aliphatic heterocycles. The zero-order valence-electron chi connectivity index (χ0n) is 19.8. The lowest BCUT2D eigenvalue weighted by atomic mass is 10.2. The first-order valence-corrected chi connectivity index (χ1v) is 13.1. The number of halogens is 4. The van der Waals surface area contributed by atoms with Crippen molar-refractivity contribution in [1.82, 2.24) is 5.43 Å². The molecule has 0 fully saturated rings. The molecule has 0 aromatic heterocycles. The second-order valence-corrected chi connectivity index (χ2v) is 10.0. The molecule has 0 bridgehead atoms. The van der Waals surface area contributed by atoms with Crippen LogP contribution in [0.4, 0.5) is 0 Å². The van der Waals surface area contributed by atoms with E-state index in [1.807, 2.05) is 0 Å². The highest BCUT2D eigenvalue weighted by Crippen LogP contribution is 2.24. The summed E-state index contributed by atoms with van der Waals surface area (Å²) in [6, 6.07) is 24.1. The van der Waals surface area contributed by atoms with E-state index in [9.17, 15) is 9.59 Å². The molecule has 11 heteroatoms. The number of rotatable bonds is 9. The summed E-state index contributed by atoms with van der Waals surface area (Å²) >= 11 is 21.2. The van der Waals surface area contributed by atoms with Crippen molar-refractivity contribution in [1.29, 1.82) is 0 Å². The van der Waals surface area contributed by atoms with Crippen LogP contribution in [0.1, 0.15) is 15.9 Å². The fourth-order valence-corrected chi connectivity index (χ4v) is 3.84. The molecular weight excluding hydrogens is 631 g/mol. The number of nitrogens with one attached hydrogen (secondary N) is 1. The third-order valence-electron chi connectivity index (χ3n) is 4.96. The number of nitrogens with zero attached hydrogens (tertiary/aromatic N) is 1. The van der Waals surface area contributed by atoms with Crippen molar-refractivity contribution < 1.29 is 23.8 Å². The van der Waals surface area contributed by atoms with Crippen LogP contribution in [0.5, 0.6) is 17.2 Å². The Hall–Kier alpha value is -3.56. The van der Waals surface area contributed by atoms with Gasteiger partial charge in [-0.2, -0.15) is 5.10 Å². The minimum atomic E-state index is -1.41. The number of amides is 1. The van der Waals surface area contributed by atoms with Gasteiger partial charge in [0.15, 0.2) is 0 Å². The van der Waals surface area contributed by atoms with Crippen LogP contribution in [-0.4, -0.2) is 24.4 Å². The Kier molecular flexibility index (Phi) is 9.84. The number of esters is 1. The van der Waals surface area contributed by atoms with Gasteiger partial charge in [-0.05, 0) is 91.0 Å². The third kappa shape index (κ3) is 8.46. The summed E-state index contributed by atoms with van der Waals surface area (Å²) in [7, 11) is 0. The molecule has 198 valence electrons. The molecule has 0 unspecified atom stereocenters. The molecule has 7 nitrogen and oxygen atoms in total. The lowest BCUT2D eigenvalue weighted by Gasteiger charge is -2.19. The average molecular weight is 649 g/mol. The standard InChI is InChI=1S/C28H18BrCl3N2O5/c29-19-3-14-25(39-27(36)17-1-4-20(30)5-2-17)18(15-19)16-33-34-26(35)28(37-23-10-6-21(31)7-11-23)38-24-12-8-22(32)9-13-24/h1-16,28H,(H,34,35)/b33-16+. The van der Waals surface area contributed by atoms with E-state index in [2.05, 4.69) is 26.5 Å². The molecule has 4 aromatic rings. The fraction of sp³-hybridized carbons (Fsp3) is 0.0357. The minimum Gasteiger partial charge on any atom is -0.446 e. The molecule has 4 aromatic carbocycles. The van der Waals surface area contributed by atoms with Gasteiger partial charge in [0.05, 0.1) is 11.8 Å². The molecule has 4 rings (SSSR count). The second kappa shape index (κ2) is 13.5. The van der Waals surface area contributed by atoms with Crippen molar-refractivity contribution in [2.75, 3.05) is 0 Å². The van der Waals surface area contributed by atoms with Crippen LogP contribution < -0.4 is 19.6 Å².